The van der Waals surface area contributed by atoms with Crippen molar-refractivity contribution in [3.63, 3.8) is 0 Å². The summed E-state index contributed by atoms with van der Waals surface area (Å²) < 4.78 is 6.88. The molecule has 0 N–H and O–H groups in total. The largest absolute Gasteiger partial charge is 0.496 e. The van der Waals surface area contributed by atoms with Gasteiger partial charge in [-0.1, -0.05) is 17.7 Å². The van der Waals surface area contributed by atoms with Crippen LogP contribution < -0.4 is 4.74 Å². The van der Waals surface area contributed by atoms with E-state index < -0.39 is 0 Å². The van der Waals surface area contributed by atoms with Crippen LogP contribution in [0.2, 0.25) is 5.02 Å². The standard InChI is InChI=1S/C15H11ClN2O2/c1-20-14-6-5-10(16)8-11(14)15(19)12-9-17-18-7-3-2-4-13(12)18/h2-9H,1H3. The fourth-order valence-corrected chi connectivity index (χ4v) is 2.28. The van der Waals surface area contributed by atoms with Crippen molar-refractivity contribution in [1.82, 2.24) is 9.61 Å². The monoisotopic (exact) mass is 286 g/mol. The van der Waals surface area contributed by atoms with Crippen molar-refractivity contribution in [2.24, 2.45) is 0 Å². The number of pyridine rings is 1. The zero-order chi connectivity index (χ0) is 14.1. The topological polar surface area (TPSA) is 43.6 Å². The van der Waals surface area contributed by atoms with Gasteiger partial charge in [0, 0.05) is 11.2 Å². The molecule has 3 rings (SSSR count). The number of ketones is 1. The summed E-state index contributed by atoms with van der Waals surface area (Å²) in [5.41, 5.74) is 1.70. The fraction of sp³-hybridized carbons (Fsp3) is 0.0667. The van der Waals surface area contributed by atoms with Crippen molar-refractivity contribution >= 4 is 22.9 Å². The average molecular weight is 287 g/mol. The number of carbonyl (C=O) groups excluding carboxylic acids is 1. The molecule has 20 heavy (non-hydrogen) atoms. The second-order valence-corrected chi connectivity index (χ2v) is 4.70. The molecule has 0 aliphatic heterocycles. The zero-order valence-electron chi connectivity index (χ0n) is 10.7. The van der Waals surface area contributed by atoms with E-state index in [4.69, 9.17) is 16.3 Å². The van der Waals surface area contributed by atoms with Gasteiger partial charge in [0.15, 0.2) is 0 Å². The number of ether oxygens (including phenoxy) is 1. The van der Waals surface area contributed by atoms with E-state index in [1.807, 2.05) is 18.2 Å². The third kappa shape index (κ3) is 2.04. The van der Waals surface area contributed by atoms with Gasteiger partial charge in [0.2, 0.25) is 5.78 Å². The number of fused-ring (bicyclic) bond motifs is 1. The molecule has 0 fully saturated rings. The number of nitrogens with zero attached hydrogens (tertiary/aromatic N) is 2. The molecule has 0 unspecified atom stereocenters. The van der Waals surface area contributed by atoms with E-state index in [1.54, 1.807) is 35.1 Å². The molecule has 1 aromatic carbocycles. The van der Waals surface area contributed by atoms with Gasteiger partial charge in [-0.05, 0) is 30.3 Å². The Bertz CT molecular complexity index is 795. The molecule has 0 amide bonds. The number of hydrogen-bond acceptors (Lipinski definition) is 3. The Balaban J connectivity index is 2.15. The quantitative estimate of drug-likeness (QED) is 0.694. The number of halogens is 1. The molecule has 0 saturated carbocycles. The van der Waals surface area contributed by atoms with E-state index in [0.29, 0.717) is 21.9 Å². The lowest BCUT2D eigenvalue weighted by molar-refractivity contribution is 0.103. The first kappa shape index (κ1) is 12.7. The predicted molar refractivity (Wildman–Crippen MR) is 76.6 cm³/mol. The Labute approximate surface area is 120 Å². The lowest BCUT2D eigenvalue weighted by Gasteiger charge is -2.07. The molecular weight excluding hydrogens is 276 g/mol. The number of rotatable bonds is 3. The number of aromatic nitrogens is 2. The third-order valence-corrected chi connectivity index (χ3v) is 3.31. The highest BCUT2D eigenvalue weighted by Crippen LogP contribution is 2.26. The summed E-state index contributed by atoms with van der Waals surface area (Å²) in [4.78, 5) is 12.7. The van der Waals surface area contributed by atoms with Crippen LogP contribution in [0.5, 0.6) is 5.75 Å². The van der Waals surface area contributed by atoms with E-state index in [1.165, 1.54) is 7.11 Å². The Morgan fingerprint density at radius 3 is 2.90 bits per heavy atom. The van der Waals surface area contributed by atoms with Crippen molar-refractivity contribution < 1.29 is 9.53 Å². The van der Waals surface area contributed by atoms with Gasteiger partial charge in [0.05, 0.1) is 30.0 Å². The SMILES string of the molecule is COc1ccc(Cl)cc1C(=O)c1cnn2ccccc12. The number of carbonyl (C=O) groups is 1. The molecule has 2 heterocycles. The van der Waals surface area contributed by atoms with Crippen LogP contribution in [0.4, 0.5) is 0 Å². The molecule has 0 spiro atoms. The van der Waals surface area contributed by atoms with Crippen LogP contribution in [-0.2, 0) is 0 Å². The summed E-state index contributed by atoms with van der Waals surface area (Å²) in [6.45, 7) is 0. The minimum absolute atomic E-state index is 0.162. The maximum absolute atomic E-state index is 12.7. The van der Waals surface area contributed by atoms with Gasteiger partial charge >= 0.3 is 0 Å². The van der Waals surface area contributed by atoms with Gasteiger partial charge in [0.1, 0.15) is 5.75 Å². The molecule has 0 atom stereocenters. The average Bonchev–Trinajstić information content (AvgIpc) is 2.90. The lowest BCUT2D eigenvalue weighted by atomic mass is 10.0. The van der Waals surface area contributed by atoms with E-state index in [2.05, 4.69) is 5.10 Å². The maximum Gasteiger partial charge on any atom is 0.200 e. The van der Waals surface area contributed by atoms with Gasteiger partial charge in [-0.3, -0.25) is 4.79 Å². The lowest BCUT2D eigenvalue weighted by Crippen LogP contribution is -2.03. The first-order chi connectivity index (χ1) is 9.70. The molecular formula is C15H11ClN2O2. The van der Waals surface area contributed by atoms with Crippen molar-refractivity contribution in [2.45, 2.75) is 0 Å². The summed E-state index contributed by atoms with van der Waals surface area (Å²) in [6, 6.07) is 10.5. The van der Waals surface area contributed by atoms with Crippen molar-refractivity contribution in [3.8, 4) is 5.75 Å². The number of methoxy groups -OCH3 is 1. The van der Waals surface area contributed by atoms with Crippen LogP contribution >= 0.6 is 11.6 Å². The van der Waals surface area contributed by atoms with Crippen LogP contribution in [-0.4, -0.2) is 22.5 Å². The second-order valence-electron chi connectivity index (χ2n) is 4.26. The Morgan fingerprint density at radius 2 is 2.10 bits per heavy atom. The normalized spacial score (nSPS) is 10.7. The summed E-state index contributed by atoms with van der Waals surface area (Å²) in [6.07, 6.45) is 3.35. The Kier molecular flexibility index (Phi) is 3.16. The molecule has 0 radical (unpaired) electrons. The first-order valence-corrected chi connectivity index (χ1v) is 6.39. The predicted octanol–water partition coefficient (Wildman–Crippen LogP) is 3.23. The van der Waals surface area contributed by atoms with E-state index in [0.717, 1.165) is 5.52 Å². The molecule has 0 bridgehead atoms. The minimum atomic E-state index is -0.162. The Hall–Kier alpha value is -2.33. The van der Waals surface area contributed by atoms with E-state index in [9.17, 15) is 4.79 Å². The van der Waals surface area contributed by atoms with Gasteiger partial charge in [0.25, 0.3) is 0 Å². The van der Waals surface area contributed by atoms with Crippen LogP contribution in [0, 0.1) is 0 Å². The zero-order valence-corrected chi connectivity index (χ0v) is 11.5. The van der Waals surface area contributed by atoms with Gasteiger partial charge in [-0.15, -0.1) is 0 Å². The summed E-state index contributed by atoms with van der Waals surface area (Å²) in [5.74, 6) is 0.334. The van der Waals surface area contributed by atoms with Crippen molar-refractivity contribution in [1.29, 1.82) is 0 Å². The van der Waals surface area contributed by atoms with Crippen LogP contribution in [0.1, 0.15) is 15.9 Å². The van der Waals surface area contributed by atoms with Crippen molar-refractivity contribution in [3.05, 3.63) is 64.9 Å². The number of hydrogen-bond donors (Lipinski definition) is 0. The van der Waals surface area contributed by atoms with Gasteiger partial charge in [-0.2, -0.15) is 5.10 Å². The van der Waals surface area contributed by atoms with Crippen molar-refractivity contribution in [2.75, 3.05) is 7.11 Å². The number of benzene rings is 1. The third-order valence-electron chi connectivity index (χ3n) is 3.08. The summed E-state index contributed by atoms with van der Waals surface area (Å²) in [7, 11) is 1.52. The van der Waals surface area contributed by atoms with Gasteiger partial charge in [-0.25, -0.2) is 4.52 Å². The summed E-state index contributed by atoms with van der Waals surface area (Å²) in [5, 5.41) is 4.66. The molecule has 5 heteroatoms. The van der Waals surface area contributed by atoms with E-state index in [-0.39, 0.29) is 5.78 Å². The molecule has 4 nitrogen and oxygen atoms in total. The second kappa shape index (κ2) is 4.98. The fourth-order valence-electron chi connectivity index (χ4n) is 2.11. The van der Waals surface area contributed by atoms with Crippen LogP contribution in [0.15, 0.2) is 48.8 Å². The molecule has 0 aliphatic rings. The highest BCUT2D eigenvalue weighted by molar-refractivity contribution is 6.31. The van der Waals surface area contributed by atoms with E-state index >= 15 is 0 Å². The Morgan fingerprint density at radius 1 is 1.25 bits per heavy atom. The maximum atomic E-state index is 12.7. The van der Waals surface area contributed by atoms with Crippen LogP contribution in [0.3, 0.4) is 0 Å². The molecule has 100 valence electrons. The van der Waals surface area contributed by atoms with Crippen LogP contribution in [0.25, 0.3) is 5.52 Å². The molecule has 3 aromatic rings. The minimum Gasteiger partial charge on any atom is -0.496 e. The first-order valence-electron chi connectivity index (χ1n) is 6.01. The van der Waals surface area contributed by atoms with Gasteiger partial charge < -0.3 is 4.74 Å². The molecule has 2 aromatic heterocycles. The smallest absolute Gasteiger partial charge is 0.200 e. The highest BCUT2D eigenvalue weighted by Gasteiger charge is 2.18. The summed E-state index contributed by atoms with van der Waals surface area (Å²) >= 11 is 5.97. The molecule has 0 aliphatic carbocycles. The highest BCUT2D eigenvalue weighted by atomic mass is 35.5. The molecule has 0 saturated heterocycles.